The summed E-state index contributed by atoms with van der Waals surface area (Å²) in [5, 5.41) is 0.530. The minimum Gasteiger partial charge on any atom is -0.497 e. The van der Waals surface area contributed by atoms with Gasteiger partial charge < -0.3 is 9.64 Å². The second-order valence-corrected chi connectivity index (χ2v) is 4.52. The van der Waals surface area contributed by atoms with Gasteiger partial charge in [-0.3, -0.25) is 0 Å². The molecule has 0 fully saturated rings. The van der Waals surface area contributed by atoms with E-state index in [1.807, 2.05) is 17.8 Å². The fourth-order valence-corrected chi connectivity index (χ4v) is 2.57. The standard InChI is InChI=1S/C10H13NOS/c1-7-11(2)9-6-8(12-3)4-5-10(9)13-7/h4-7H,1-3H3. The van der Waals surface area contributed by atoms with Gasteiger partial charge in [-0.1, -0.05) is 11.8 Å². The van der Waals surface area contributed by atoms with Crippen LogP contribution in [0.5, 0.6) is 5.75 Å². The largest absolute Gasteiger partial charge is 0.497 e. The van der Waals surface area contributed by atoms with Gasteiger partial charge in [0.1, 0.15) is 5.75 Å². The van der Waals surface area contributed by atoms with Crippen LogP contribution >= 0.6 is 11.8 Å². The third kappa shape index (κ3) is 1.37. The molecule has 0 saturated carbocycles. The first-order chi connectivity index (χ1) is 6.22. The van der Waals surface area contributed by atoms with Gasteiger partial charge in [-0.2, -0.15) is 0 Å². The van der Waals surface area contributed by atoms with Crippen molar-refractivity contribution < 1.29 is 4.74 Å². The summed E-state index contributed by atoms with van der Waals surface area (Å²) in [4.78, 5) is 3.61. The van der Waals surface area contributed by atoms with Gasteiger partial charge in [-0.25, -0.2) is 0 Å². The van der Waals surface area contributed by atoms with E-state index in [4.69, 9.17) is 4.74 Å². The zero-order chi connectivity index (χ0) is 9.42. The Morgan fingerprint density at radius 2 is 2.23 bits per heavy atom. The van der Waals surface area contributed by atoms with Crippen molar-refractivity contribution in [3.63, 3.8) is 0 Å². The van der Waals surface area contributed by atoms with Crippen molar-refractivity contribution in [1.82, 2.24) is 0 Å². The van der Waals surface area contributed by atoms with Crippen molar-refractivity contribution in [1.29, 1.82) is 0 Å². The number of methoxy groups -OCH3 is 1. The van der Waals surface area contributed by atoms with E-state index in [-0.39, 0.29) is 0 Å². The highest BCUT2D eigenvalue weighted by Gasteiger charge is 2.23. The molecule has 1 heterocycles. The molecule has 3 heteroatoms. The summed E-state index contributed by atoms with van der Waals surface area (Å²) in [5.41, 5.74) is 1.27. The van der Waals surface area contributed by atoms with Gasteiger partial charge in [0.15, 0.2) is 0 Å². The molecule has 1 atom stereocenters. The lowest BCUT2D eigenvalue weighted by Crippen LogP contribution is -2.20. The van der Waals surface area contributed by atoms with Crippen LogP contribution in [0.3, 0.4) is 0 Å². The number of rotatable bonds is 1. The van der Waals surface area contributed by atoms with Gasteiger partial charge in [-0.05, 0) is 19.1 Å². The van der Waals surface area contributed by atoms with E-state index in [1.165, 1.54) is 10.6 Å². The summed E-state index contributed by atoms with van der Waals surface area (Å²) in [5.74, 6) is 0.931. The summed E-state index contributed by atoms with van der Waals surface area (Å²) < 4.78 is 5.19. The van der Waals surface area contributed by atoms with E-state index in [2.05, 4.69) is 31.0 Å². The van der Waals surface area contributed by atoms with Crippen LogP contribution in [0.25, 0.3) is 0 Å². The predicted octanol–water partition coefficient (Wildman–Crippen LogP) is 2.58. The van der Waals surface area contributed by atoms with Gasteiger partial charge in [0.2, 0.25) is 0 Å². The molecule has 1 aliphatic rings. The van der Waals surface area contributed by atoms with E-state index in [9.17, 15) is 0 Å². The minimum atomic E-state index is 0.530. The molecule has 0 saturated heterocycles. The number of nitrogens with zero attached hydrogens (tertiary/aromatic N) is 1. The van der Waals surface area contributed by atoms with Crippen molar-refractivity contribution in [3.05, 3.63) is 18.2 Å². The first kappa shape index (κ1) is 8.75. The number of ether oxygens (including phenoxy) is 1. The summed E-state index contributed by atoms with van der Waals surface area (Å²) in [6.45, 7) is 2.21. The lowest BCUT2D eigenvalue weighted by atomic mass is 10.3. The van der Waals surface area contributed by atoms with Crippen LogP contribution in [-0.2, 0) is 0 Å². The Morgan fingerprint density at radius 1 is 1.46 bits per heavy atom. The average molecular weight is 195 g/mol. The Hall–Kier alpha value is -0.830. The summed E-state index contributed by atoms with van der Waals surface area (Å²) >= 11 is 1.89. The number of anilines is 1. The van der Waals surface area contributed by atoms with Crippen molar-refractivity contribution in [2.75, 3.05) is 19.1 Å². The first-order valence-corrected chi connectivity index (χ1v) is 5.18. The van der Waals surface area contributed by atoms with E-state index in [1.54, 1.807) is 7.11 Å². The van der Waals surface area contributed by atoms with Crippen molar-refractivity contribution in [3.8, 4) is 5.75 Å². The normalized spacial score (nSPS) is 20.2. The summed E-state index contributed by atoms with van der Waals surface area (Å²) in [7, 11) is 3.82. The molecule has 0 amide bonds. The van der Waals surface area contributed by atoms with Crippen molar-refractivity contribution in [2.24, 2.45) is 0 Å². The molecular formula is C10H13NOS. The van der Waals surface area contributed by atoms with E-state index >= 15 is 0 Å². The van der Waals surface area contributed by atoms with Crippen molar-refractivity contribution >= 4 is 17.4 Å². The molecule has 1 aromatic carbocycles. The first-order valence-electron chi connectivity index (χ1n) is 4.30. The maximum atomic E-state index is 5.19. The highest BCUT2D eigenvalue weighted by molar-refractivity contribution is 8.00. The molecule has 0 aliphatic carbocycles. The molecule has 0 radical (unpaired) electrons. The average Bonchev–Trinajstić information content (AvgIpc) is 2.43. The zero-order valence-corrected chi connectivity index (χ0v) is 8.89. The molecule has 1 aliphatic heterocycles. The topological polar surface area (TPSA) is 12.5 Å². The fraction of sp³-hybridized carbons (Fsp3) is 0.400. The maximum absolute atomic E-state index is 5.19. The predicted molar refractivity (Wildman–Crippen MR) is 56.7 cm³/mol. The number of fused-ring (bicyclic) bond motifs is 1. The van der Waals surface area contributed by atoms with Crippen LogP contribution in [0.15, 0.2) is 23.1 Å². The van der Waals surface area contributed by atoms with Crippen LogP contribution in [0, 0.1) is 0 Å². The quantitative estimate of drug-likeness (QED) is 0.683. The minimum absolute atomic E-state index is 0.530. The van der Waals surface area contributed by atoms with Crippen molar-refractivity contribution in [2.45, 2.75) is 17.2 Å². The Bertz CT molecular complexity index is 327. The molecule has 13 heavy (non-hydrogen) atoms. The van der Waals surface area contributed by atoms with Gasteiger partial charge >= 0.3 is 0 Å². The SMILES string of the molecule is COc1ccc2c(c1)N(C)C(C)S2. The van der Waals surface area contributed by atoms with Gasteiger partial charge in [-0.15, -0.1) is 0 Å². The van der Waals surface area contributed by atoms with Gasteiger partial charge in [0.25, 0.3) is 0 Å². The number of hydrogen-bond donors (Lipinski definition) is 0. The van der Waals surface area contributed by atoms with Crippen LogP contribution in [-0.4, -0.2) is 19.5 Å². The van der Waals surface area contributed by atoms with E-state index in [0.29, 0.717) is 5.37 Å². The molecule has 2 rings (SSSR count). The maximum Gasteiger partial charge on any atom is 0.121 e. The summed E-state index contributed by atoms with van der Waals surface area (Å²) in [6.07, 6.45) is 0. The monoisotopic (exact) mass is 195 g/mol. The molecular weight excluding hydrogens is 182 g/mol. The van der Waals surface area contributed by atoms with Crippen LogP contribution < -0.4 is 9.64 Å². The lowest BCUT2D eigenvalue weighted by molar-refractivity contribution is 0.414. The van der Waals surface area contributed by atoms with Crippen LogP contribution in [0.1, 0.15) is 6.92 Å². The molecule has 2 nitrogen and oxygen atoms in total. The molecule has 70 valence electrons. The number of benzene rings is 1. The fourth-order valence-electron chi connectivity index (χ4n) is 1.46. The van der Waals surface area contributed by atoms with E-state index in [0.717, 1.165) is 5.75 Å². The highest BCUT2D eigenvalue weighted by Crippen LogP contribution is 2.43. The molecule has 0 aromatic heterocycles. The second-order valence-electron chi connectivity index (χ2n) is 3.16. The molecule has 0 bridgehead atoms. The molecule has 1 unspecified atom stereocenters. The van der Waals surface area contributed by atoms with E-state index < -0.39 is 0 Å². The third-order valence-corrected chi connectivity index (χ3v) is 3.65. The second kappa shape index (κ2) is 3.14. The third-order valence-electron chi connectivity index (χ3n) is 2.39. The van der Waals surface area contributed by atoms with Gasteiger partial charge in [0.05, 0.1) is 18.2 Å². The molecule has 0 N–H and O–H groups in total. The zero-order valence-electron chi connectivity index (χ0n) is 8.07. The summed E-state index contributed by atoms with van der Waals surface area (Å²) in [6, 6.07) is 6.22. The highest BCUT2D eigenvalue weighted by atomic mass is 32.2. The number of hydrogen-bond acceptors (Lipinski definition) is 3. The molecule has 1 aromatic rings. The van der Waals surface area contributed by atoms with Gasteiger partial charge in [0, 0.05) is 18.0 Å². The Balaban J connectivity index is 2.42. The number of thioether (sulfide) groups is 1. The smallest absolute Gasteiger partial charge is 0.121 e. The Morgan fingerprint density at radius 3 is 2.92 bits per heavy atom. The Labute approximate surface area is 82.9 Å². The van der Waals surface area contributed by atoms with Crippen LogP contribution in [0.2, 0.25) is 0 Å². The Kier molecular flexibility index (Phi) is 2.12. The van der Waals surface area contributed by atoms with Crippen LogP contribution in [0.4, 0.5) is 5.69 Å². The molecule has 0 spiro atoms. The lowest BCUT2D eigenvalue weighted by Gasteiger charge is -2.17.